The first-order valence-electron chi connectivity index (χ1n) is 8.48. The highest BCUT2D eigenvalue weighted by Gasteiger charge is 2.38. The van der Waals surface area contributed by atoms with Gasteiger partial charge in [-0.1, -0.05) is 0 Å². The molecule has 0 unspecified atom stereocenters. The monoisotopic (exact) mass is 383 g/mol. The Kier molecular flexibility index (Phi) is 5.84. The second-order valence-electron chi connectivity index (χ2n) is 7.36. The Morgan fingerprint density at radius 2 is 1.96 bits per heavy atom. The first kappa shape index (κ1) is 20.8. The van der Waals surface area contributed by atoms with Crippen LogP contribution in [0.1, 0.15) is 55.1 Å². The number of primary amides is 1. The molecule has 0 fully saturated rings. The van der Waals surface area contributed by atoms with Gasteiger partial charge in [-0.05, 0) is 33.3 Å². The number of nitrogens with two attached hydrogens (primary N) is 2. The van der Waals surface area contributed by atoms with Gasteiger partial charge in [-0.3, -0.25) is 14.4 Å². The number of hydrogen-bond donors (Lipinski definition) is 2. The van der Waals surface area contributed by atoms with Crippen LogP contribution in [0.15, 0.2) is 6.07 Å². The van der Waals surface area contributed by atoms with E-state index in [2.05, 4.69) is 0 Å². The maximum atomic E-state index is 14.5. The highest BCUT2D eigenvalue weighted by atomic mass is 19.1. The van der Waals surface area contributed by atoms with Gasteiger partial charge in [-0.2, -0.15) is 0 Å². The van der Waals surface area contributed by atoms with Crippen molar-refractivity contribution in [3.63, 3.8) is 0 Å². The number of halogens is 2. The highest BCUT2D eigenvalue weighted by Crippen LogP contribution is 2.31. The van der Waals surface area contributed by atoms with Crippen LogP contribution < -0.4 is 11.5 Å². The normalized spacial score (nSPS) is 14.9. The highest BCUT2D eigenvalue weighted by molar-refractivity contribution is 6.01. The van der Waals surface area contributed by atoms with Crippen LogP contribution in [0.4, 0.5) is 8.78 Å². The van der Waals surface area contributed by atoms with Crippen molar-refractivity contribution in [1.29, 1.82) is 0 Å². The zero-order chi connectivity index (χ0) is 20.5. The minimum atomic E-state index is -1.15. The molecule has 0 aromatic heterocycles. The second kappa shape index (κ2) is 7.59. The maximum absolute atomic E-state index is 14.5. The lowest BCUT2D eigenvalue weighted by atomic mass is 10.0. The summed E-state index contributed by atoms with van der Waals surface area (Å²) in [6.07, 6.45) is -0.242. The van der Waals surface area contributed by atoms with Crippen molar-refractivity contribution in [2.24, 2.45) is 11.5 Å². The molecule has 1 heterocycles. The number of esters is 1. The molecular weight excluding hydrogens is 360 g/mol. The molecule has 1 aliphatic rings. The van der Waals surface area contributed by atoms with Crippen LogP contribution in [0.3, 0.4) is 0 Å². The van der Waals surface area contributed by atoms with E-state index in [0.717, 1.165) is 11.0 Å². The second-order valence-corrected chi connectivity index (χ2v) is 7.36. The standard InChI is InChI=1S/C18H23F2N3O4/c1-18(2,3)27-14(24)5-4-13(16(22)25)23-8-11-9(17(23)26)6-12(19)10(7-21)15(11)20/h6,13H,4-5,7-8,21H2,1-3H3,(H2,22,25)/t13-/m0/s1. The van der Waals surface area contributed by atoms with Gasteiger partial charge in [0.15, 0.2) is 0 Å². The molecule has 27 heavy (non-hydrogen) atoms. The van der Waals surface area contributed by atoms with Gasteiger partial charge < -0.3 is 21.1 Å². The number of amides is 2. The minimum absolute atomic E-state index is 0.0367. The smallest absolute Gasteiger partial charge is 0.306 e. The van der Waals surface area contributed by atoms with Crippen LogP contribution in [0, 0.1) is 11.6 Å². The van der Waals surface area contributed by atoms with Gasteiger partial charge in [-0.25, -0.2) is 8.78 Å². The first-order valence-corrected chi connectivity index (χ1v) is 8.48. The van der Waals surface area contributed by atoms with E-state index >= 15 is 0 Å². The van der Waals surface area contributed by atoms with Crippen LogP contribution in [-0.2, 0) is 27.4 Å². The maximum Gasteiger partial charge on any atom is 0.306 e. The van der Waals surface area contributed by atoms with Crippen LogP contribution in [0.5, 0.6) is 0 Å². The van der Waals surface area contributed by atoms with Gasteiger partial charge in [0.2, 0.25) is 5.91 Å². The lowest BCUT2D eigenvalue weighted by molar-refractivity contribution is -0.155. The van der Waals surface area contributed by atoms with Crippen molar-refractivity contribution in [3.8, 4) is 0 Å². The number of ether oxygens (including phenoxy) is 1. The van der Waals surface area contributed by atoms with Crippen LogP contribution in [0.2, 0.25) is 0 Å². The Hall–Kier alpha value is -2.55. The zero-order valence-corrected chi connectivity index (χ0v) is 15.5. The number of nitrogens with zero attached hydrogens (tertiary/aromatic N) is 1. The summed E-state index contributed by atoms with van der Waals surface area (Å²) in [5.41, 5.74) is 9.49. The summed E-state index contributed by atoms with van der Waals surface area (Å²) in [7, 11) is 0. The summed E-state index contributed by atoms with van der Waals surface area (Å²) in [6.45, 7) is 4.47. The number of hydrogen-bond acceptors (Lipinski definition) is 5. The van der Waals surface area contributed by atoms with Gasteiger partial charge in [0.1, 0.15) is 23.3 Å². The quantitative estimate of drug-likeness (QED) is 0.720. The molecule has 0 bridgehead atoms. The van der Waals surface area contributed by atoms with E-state index < -0.39 is 41.1 Å². The summed E-state index contributed by atoms with van der Waals surface area (Å²) in [5.74, 6) is -3.95. The Balaban J connectivity index is 2.22. The van der Waals surface area contributed by atoms with E-state index in [0.29, 0.717) is 0 Å². The van der Waals surface area contributed by atoms with Crippen LogP contribution in [0.25, 0.3) is 0 Å². The fraction of sp³-hybridized carbons (Fsp3) is 0.500. The topological polar surface area (TPSA) is 116 Å². The van der Waals surface area contributed by atoms with Crippen molar-refractivity contribution in [1.82, 2.24) is 4.90 Å². The van der Waals surface area contributed by atoms with Crippen LogP contribution >= 0.6 is 0 Å². The minimum Gasteiger partial charge on any atom is -0.460 e. The SMILES string of the molecule is CC(C)(C)OC(=O)CC[C@@H](C(N)=O)N1Cc2c(cc(F)c(CN)c2F)C1=O. The van der Waals surface area contributed by atoms with E-state index in [1.165, 1.54) is 0 Å². The summed E-state index contributed by atoms with van der Waals surface area (Å²) >= 11 is 0. The Morgan fingerprint density at radius 1 is 1.33 bits per heavy atom. The van der Waals surface area contributed by atoms with Gasteiger partial charge in [0, 0.05) is 24.1 Å². The molecule has 1 aromatic carbocycles. The summed E-state index contributed by atoms with van der Waals surface area (Å²) in [4.78, 5) is 37.3. The molecule has 7 nitrogen and oxygen atoms in total. The van der Waals surface area contributed by atoms with E-state index in [9.17, 15) is 23.2 Å². The number of carbonyl (C=O) groups excluding carboxylic acids is 3. The molecule has 0 radical (unpaired) electrons. The van der Waals surface area contributed by atoms with Gasteiger partial charge in [0.05, 0.1) is 12.1 Å². The average molecular weight is 383 g/mol. The molecule has 1 atom stereocenters. The molecule has 4 N–H and O–H groups in total. The third-order valence-electron chi connectivity index (χ3n) is 4.18. The molecule has 0 saturated heterocycles. The van der Waals surface area contributed by atoms with Crippen molar-refractivity contribution in [2.45, 2.75) is 58.3 Å². The Bertz CT molecular complexity index is 790. The molecule has 148 valence electrons. The molecule has 9 heteroatoms. The number of fused-ring (bicyclic) bond motifs is 1. The fourth-order valence-electron chi connectivity index (χ4n) is 2.99. The third kappa shape index (κ3) is 4.41. The van der Waals surface area contributed by atoms with Gasteiger partial charge in [0.25, 0.3) is 5.91 Å². The van der Waals surface area contributed by atoms with Gasteiger partial charge >= 0.3 is 5.97 Å². The summed E-state index contributed by atoms with van der Waals surface area (Å²) < 4.78 is 33.6. The van der Waals surface area contributed by atoms with Crippen molar-refractivity contribution in [3.05, 3.63) is 34.4 Å². The van der Waals surface area contributed by atoms with E-state index in [-0.39, 0.29) is 42.6 Å². The molecule has 1 aromatic rings. The fourth-order valence-corrected chi connectivity index (χ4v) is 2.99. The van der Waals surface area contributed by atoms with Crippen molar-refractivity contribution in [2.75, 3.05) is 0 Å². The zero-order valence-electron chi connectivity index (χ0n) is 15.5. The summed E-state index contributed by atoms with van der Waals surface area (Å²) in [5, 5.41) is 0. The van der Waals surface area contributed by atoms with Crippen molar-refractivity contribution < 1.29 is 27.9 Å². The van der Waals surface area contributed by atoms with Crippen LogP contribution in [-0.4, -0.2) is 34.3 Å². The van der Waals surface area contributed by atoms with Crippen molar-refractivity contribution >= 4 is 17.8 Å². The molecule has 0 saturated carbocycles. The van der Waals surface area contributed by atoms with E-state index in [1.807, 2.05) is 0 Å². The molecule has 2 rings (SSSR count). The third-order valence-corrected chi connectivity index (χ3v) is 4.18. The lowest BCUT2D eigenvalue weighted by Gasteiger charge is -2.25. The predicted molar refractivity (Wildman–Crippen MR) is 92.2 cm³/mol. The molecular formula is C18H23F2N3O4. The number of benzene rings is 1. The number of carbonyl (C=O) groups is 3. The van der Waals surface area contributed by atoms with Gasteiger partial charge in [-0.15, -0.1) is 0 Å². The van der Waals surface area contributed by atoms with E-state index in [1.54, 1.807) is 20.8 Å². The molecule has 0 aliphatic carbocycles. The number of rotatable bonds is 6. The molecule has 2 amide bonds. The summed E-state index contributed by atoms with van der Waals surface area (Å²) in [6, 6.07) is -0.240. The Morgan fingerprint density at radius 3 is 2.48 bits per heavy atom. The largest absolute Gasteiger partial charge is 0.460 e. The van der Waals surface area contributed by atoms with E-state index in [4.69, 9.17) is 16.2 Å². The average Bonchev–Trinajstić information content (AvgIpc) is 2.83. The predicted octanol–water partition coefficient (Wildman–Crippen LogP) is 1.36. The first-order chi connectivity index (χ1) is 12.5. The Labute approximate surface area is 155 Å². The lowest BCUT2D eigenvalue weighted by Crippen LogP contribution is -2.45. The molecule has 1 aliphatic heterocycles. The molecule has 0 spiro atoms.